The van der Waals surface area contributed by atoms with E-state index < -0.39 is 0 Å². The second-order valence-corrected chi connectivity index (χ2v) is 5.42. The molecule has 2 aromatic carbocycles. The molecule has 1 atom stereocenters. The molecule has 0 bridgehead atoms. The summed E-state index contributed by atoms with van der Waals surface area (Å²) in [6.45, 7) is 0.324. The topological polar surface area (TPSA) is 18.5 Å². The van der Waals surface area contributed by atoms with Gasteiger partial charge in [-0.2, -0.15) is 0 Å². The summed E-state index contributed by atoms with van der Waals surface area (Å²) < 4.78 is 24.5. The standard InChI is InChI=1S/C15H12BrFO2/c16-14-8-11-4-2-6-13(15(11)19-14)18-9-10-3-1-5-12(17)7-10/h1-7,14H,8-9H2. The minimum absolute atomic E-state index is 0.00131. The lowest BCUT2D eigenvalue weighted by atomic mass is 10.1. The van der Waals surface area contributed by atoms with Crippen LogP contribution < -0.4 is 9.47 Å². The second-order valence-electron chi connectivity index (χ2n) is 4.40. The number of halogens is 2. The number of benzene rings is 2. The third-order valence-electron chi connectivity index (χ3n) is 2.97. The van der Waals surface area contributed by atoms with Gasteiger partial charge in [-0.1, -0.05) is 24.3 Å². The fraction of sp³-hybridized carbons (Fsp3) is 0.200. The van der Waals surface area contributed by atoms with Gasteiger partial charge < -0.3 is 9.47 Å². The molecule has 98 valence electrons. The Hall–Kier alpha value is -1.55. The van der Waals surface area contributed by atoms with Crippen molar-refractivity contribution >= 4 is 15.9 Å². The molecule has 0 saturated carbocycles. The molecule has 4 heteroatoms. The zero-order valence-electron chi connectivity index (χ0n) is 10.1. The lowest BCUT2D eigenvalue weighted by molar-refractivity contribution is 0.269. The van der Waals surface area contributed by atoms with Crippen LogP contribution in [0.4, 0.5) is 4.39 Å². The molecule has 19 heavy (non-hydrogen) atoms. The van der Waals surface area contributed by atoms with Crippen molar-refractivity contribution in [3.63, 3.8) is 0 Å². The number of ether oxygens (including phenoxy) is 2. The Labute approximate surface area is 119 Å². The maximum atomic E-state index is 13.1. The Morgan fingerprint density at radius 2 is 2.11 bits per heavy atom. The van der Waals surface area contributed by atoms with Crippen LogP contribution in [-0.2, 0) is 13.0 Å². The molecule has 1 aliphatic rings. The van der Waals surface area contributed by atoms with Gasteiger partial charge in [0.15, 0.2) is 16.5 Å². The van der Waals surface area contributed by atoms with Gasteiger partial charge in [-0.05, 0) is 39.7 Å². The Bertz CT molecular complexity index is 600. The van der Waals surface area contributed by atoms with Gasteiger partial charge in [0.25, 0.3) is 0 Å². The van der Waals surface area contributed by atoms with E-state index in [9.17, 15) is 4.39 Å². The highest BCUT2D eigenvalue weighted by molar-refractivity contribution is 9.09. The smallest absolute Gasteiger partial charge is 0.166 e. The average Bonchev–Trinajstić information content (AvgIpc) is 2.77. The SMILES string of the molecule is Fc1cccc(COc2cccc3c2OC(Br)C3)c1. The molecule has 0 aromatic heterocycles. The largest absolute Gasteiger partial charge is 0.485 e. The van der Waals surface area contributed by atoms with Gasteiger partial charge in [0.05, 0.1) is 0 Å². The molecule has 0 aliphatic carbocycles. The quantitative estimate of drug-likeness (QED) is 0.793. The van der Waals surface area contributed by atoms with Gasteiger partial charge in [-0.15, -0.1) is 0 Å². The first-order valence-electron chi connectivity index (χ1n) is 6.02. The van der Waals surface area contributed by atoms with Crippen molar-refractivity contribution in [1.29, 1.82) is 0 Å². The van der Waals surface area contributed by atoms with Crippen molar-refractivity contribution in [3.05, 3.63) is 59.4 Å². The third-order valence-corrected chi connectivity index (χ3v) is 3.48. The molecule has 0 radical (unpaired) electrons. The van der Waals surface area contributed by atoms with Gasteiger partial charge in [-0.3, -0.25) is 0 Å². The van der Waals surface area contributed by atoms with Crippen LogP contribution in [0.15, 0.2) is 42.5 Å². The highest BCUT2D eigenvalue weighted by Gasteiger charge is 2.23. The van der Waals surface area contributed by atoms with Crippen LogP contribution in [0.2, 0.25) is 0 Å². The van der Waals surface area contributed by atoms with E-state index in [4.69, 9.17) is 9.47 Å². The first-order chi connectivity index (χ1) is 9.22. The van der Waals surface area contributed by atoms with Crippen LogP contribution in [0.1, 0.15) is 11.1 Å². The summed E-state index contributed by atoms with van der Waals surface area (Å²) >= 11 is 3.43. The third kappa shape index (κ3) is 2.73. The molecule has 0 N–H and O–H groups in total. The normalized spacial score (nSPS) is 16.8. The average molecular weight is 323 g/mol. The Kier molecular flexibility index (Phi) is 3.42. The minimum Gasteiger partial charge on any atom is -0.485 e. The minimum atomic E-state index is -0.254. The van der Waals surface area contributed by atoms with Crippen molar-refractivity contribution < 1.29 is 13.9 Å². The van der Waals surface area contributed by atoms with Crippen molar-refractivity contribution in [2.24, 2.45) is 0 Å². The van der Waals surface area contributed by atoms with Gasteiger partial charge >= 0.3 is 0 Å². The zero-order chi connectivity index (χ0) is 13.2. The molecule has 2 nitrogen and oxygen atoms in total. The predicted molar refractivity (Wildman–Crippen MR) is 74.2 cm³/mol. The fourth-order valence-corrected chi connectivity index (χ4v) is 2.64. The van der Waals surface area contributed by atoms with Gasteiger partial charge in [-0.25, -0.2) is 4.39 Å². The second kappa shape index (κ2) is 5.21. The van der Waals surface area contributed by atoms with Crippen LogP contribution in [0.25, 0.3) is 0 Å². The van der Waals surface area contributed by atoms with E-state index in [1.165, 1.54) is 12.1 Å². The van der Waals surface area contributed by atoms with Crippen LogP contribution >= 0.6 is 15.9 Å². The first kappa shape index (κ1) is 12.5. The molecule has 0 spiro atoms. The molecule has 0 amide bonds. The van der Waals surface area contributed by atoms with Crippen molar-refractivity contribution in [2.75, 3.05) is 0 Å². The number of rotatable bonds is 3. The molecule has 0 saturated heterocycles. The molecule has 1 aliphatic heterocycles. The van der Waals surface area contributed by atoms with Crippen molar-refractivity contribution in [1.82, 2.24) is 0 Å². The maximum absolute atomic E-state index is 13.1. The summed E-state index contributed by atoms with van der Waals surface area (Å²) in [5, 5.41) is 0.00131. The fourth-order valence-electron chi connectivity index (χ4n) is 2.10. The van der Waals surface area contributed by atoms with Gasteiger partial charge in [0.1, 0.15) is 12.4 Å². The molecule has 2 aromatic rings. The lowest BCUT2D eigenvalue weighted by Gasteiger charge is -2.10. The van der Waals surface area contributed by atoms with E-state index in [0.29, 0.717) is 12.4 Å². The summed E-state index contributed by atoms with van der Waals surface area (Å²) in [5.74, 6) is 1.22. The first-order valence-corrected chi connectivity index (χ1v) is 6.94. The monoisotopic (exact) mass is 322 g/mol. The number of fused-ring (bicyclic) bond motifs is 1. The van der Waals surface area contributed by atoms with E-state index in [-0.39, 0.29) is 10.8 Å². The van der Waals surface area contributed by atoms with E-state index in [0.717, 1.165) is 23.3 Å². The van der Waals surface area contributed by atoms with E-state index >= 15 is 0 Å². The lowest BCUT2D eigenvalue weighted by Crippen LogP contribution is -2.02. The van der Waals surface area contributed by atoms with Crippen LogP contribution in [-0.4, -0.2) is 5.01 Å². The summed E-state index contributed by atoms with van der Waals surface area (Å²) in [6, 6.07) is 12.2. The predicted octanol–water partition coefficient (Wildman–Crippen LogP) is 4.06. The van der Waals surface area contributed by atoms with Crippen molar-refractivity contribution in [3.8, 4) is 11.5 Å². The molecule has 1 unspecified atom stereocenters. The molecular formula is C15H12BrFO2. The molecule has 0 fully saturated rings. The highest BCUT2D eigenvalue weighted by Crippen LogP contribution is 2.39. The number of hydrogen-bond donors (Lipinski definition) is 0. The number of alkyl halides is 1. The molecule has 1 heterocycles. The maximum Gasteiger partial charge on any atom is 0.166 e. The summed E-state index contributed by atoms with van der Waals surface area (Å²) in [6.07, 6.45) is 0.826. The summed E-state index contributed by atoms with van der Waals surface area (Å²) in [4.78, 5) is 0. The van der Waals surface area contributed by atoms with E-state index in [2.05, 4.69) is 15.9 Å². The Morgan fingerprint density at radius 1 is 1.26 bits per heavy atom. The summed E-state index contributed by atoms with van der Waals surface area (Å²) in [5.41, 5.74) is 1.92. The van der Waals surface area contributed by atoms with Gasteiger partial charge in [0, 0.05) is 12.0 Å². The van der Waals surface area contributed by atoms with E-state index in [1.54, 1.807) is 6.07 Å². The molecular weight excluding hydrogens is 311 g/mol. The van der Waals surface area contributed by atoms with Crippen molar-refractivity contribution in [2.45, 2.75) is 18.0 Å². The van der Waals surface area contributed by atoms with Crippen LogP contribution in [0, 0.1) is 5.82 Å². The van der Waals surface area contributed by atoms with Crippen LogP contribution in [0.3, 0.4) is 0 Å². The van der Waals surface area contributed by atoms with E-state index in [1.807, 2.05) is 24.3 Å². The Morgan fingerprint density at radius 3 is 2.95 bits per heavy atom. The highest BCUT2D eigenvalue weighted by atomic mass is 79.9. The number of para-hydroxylation sites is 1. The Balaban J connectivity index is 1.76. The van der Waals surface area contributed by atoms with Crippen LogP contribution in [0.5, 0.6) is 11.5 Å². The molecule has 3 rings (SSSR count). The summed E-state index contributed by atoms with van der Waals surface area (Å²) in [7, 11) is 0. The van der Waals surface area contributed by atoms with Gasteiger partial charge in [0.2, 0.25) is 0 Å². The zero-order valence-corrected chi connectivity index (χ0v) is 11.7. The number of hydrogen-bond acceptors (Lipinski definition) is 2.